The van der Waals surface area contributed by atoms with Gasteiger partial charge in [-0.1, -0.05) is 20.8 Å². The van der Waals surface area contributed by atoms with E-state index >= 15 is 0 Å². The third kappa shape index (κ3) is 4.32. The van der Waals surface area contributed by atoms with Gasteiger partial charge in [0.15, 0.2) is 0 Å². The van der Waals surface area contributed by atoms with Gasteiger partial charge in [0.05, 0.1) is 24.9 Å². The van der Waals surface area contributed by atoms with Gasteiger partial charge in [0, 0.05) is 17.3 Å². The lowest BCUT2D eigenvalue weighted by atomic mass is 10.0. The minimum absolute atomic E-state index is 0.279. The Kier molecular flexibility index (Phi) is 7.24. The van der Waals surface area contributed by atoms with Crippen LogP contribution in [0.4, 0.5) is 0 Å². The number of hydrogen-bond acceptors (Lipinski definition) is 3. The Labute approximate surface area is 123 Å². The quantitative estimate of drug-likeness (QED) is 0.756. The fraction of sp³-hybridized carbons (Fsp3) is 0.812. The highest BCUT2D eigenvalue weighted by atomic mass is 16.5. The molecule has 1 rings (SSSR count). The highest BCUT2D eigenvalue weighted by Gasteiger charge is 2.19. The lowest BCUT2D eigenvalue weighted by Gasteiger charge is -2.15. The van der Waals surface area contributed by atoms with Crippen molar-refractivity contribution in [2.45, 2.75) is 73.1 Å². The predicted molar refractivity (Wildman–Crippen MR) is 84.2 cm³/mol. The fourth-order valence-corrected chi connectivity index (χ4v) is 2.67. The van der Waals surface area contributed by atoms with Gasteiger partial charge in [0.25, 0.3) is 0 Å². The molecule has 0 aliphatic rings. The van der Waals surface area contributed by atoms with Gasteiger partial charge in [-0.2, -0.15) is 5.10 Å². The molecular formula is C16H31N3O. The molecule has 0 saturated heterocycles. The number of aromatic nitrogens is 2. The summed E-state index contributed by atoms with van der Waals surface area (Å²) in [4.78, 5) is 0. The molecule has 1 heterocycles. The number of nitrogens with one attached hydrogen (secondary N) is 1. The predicted octanol–water partition coefficient (Wildman–Crippen LogP) is 3.10. The Morgan fingerprint density at radius 2 is 1.85 bits per heavy atom. The normalized spacial score (nSPS) is 13.2. The lowest BCUT2D eigenvalue weighted by molar-refractivity contribution is 0.0705. The first-order chi connectivity index (χ1) is 9.54. The summed E-state index contributed by atoms with van der Waals surface area (Å²) in [6.07, 6.45) is 2.27. The Hall–Kier alpha value is -0.870. The Balaban J connectivity index is 2.95. The van der Waals surface area contributed by atoms with Crippen LogP contribution >= 0.6 is 0 Å². The molecule has 0 radical (unpaired) electrons. The van der Waals surface area contributed by atoms with Crippen LogP contribution in [0.3, 0.4) is 0 Å². The first-order valence-corrected chi connectivity index (χ1v) is 7.98. The Bertz CT molecular complexity index is 399. The smallest absolute Gasteiger partial charge is 0.0672 e. The maximum absolute atomic E-state index is 5.66. The third-order valence-electron chi connectivity index (χ3n) is 3.54. The van der Waals surface area contributed by atoms with Crippen LogP contribution in [0.5, 0.6) is 0 Å². The minimum atomic E-state index is 0.279. The van der Waals surface area contributed by atoms with Crippen LogP contribution in [0.15, 0.2) is 0 Å². The summed E-state index contributed by atoms with van der Waals surface area (Å²) in [6.45, 7) is 15.5. The van der Waals surface area contributed by atoms with Crippen LogP contribution in [-0.2, 0) is 24.1 Å². The van der Waals surface area contributed by atoms with Crippen LogP contribution in [0.1, 0.15) is 64.5 Å². The zero-order chi connectivity index (χ0) is 15.1. The summed E-state index contributed by atoms with van der Waals surface area (Å²) in [7, 11) is 0. The molecule has 0 bridgehead atoms. The van der Waals surface area contributed by atoms with E-state index in [2.05, 4.69) is 51.5 Å². The van der Waals surface area contributed by atoms with Crippen molar-refractivity contribution < 1.29 is 4.74 Å². The number of hydrogen-bond donors (Lipinski definition) is 1. The van der Waals surface area contributed by atoms with E-state index in [1.165, 1.54) is 17.0 Å². The average molecular weight is 281 g/mol. The van der Waals surface area contributed by atoms with Gasteiger partial charge in [-0.15, -0.1) is 0 Å². The highest BCUT2D eigenvalue weighted by Crippen LogP contribution is 2.23. The van der Waals surface area contributed by atoms with E-state index < -0.39 is 0 Å². The van der Waals surface area contributed by atoms with Crippen molar-refractivity contribution in [1.82, 2.24) is 15.1 Å². The first-order valence-electron chi connectivity index (χ1n) is 7.98. The summed E-state index contributed by atoms with van der Waals surface area (Å²) in [5.41, 5.74) is 3.96. The van der Waals surface area contributed by atoms with Gasteiger partial charge in [-0.05, 0) is 40.2 Å². The Morgan fingerprint density at radius 1 is 1.15 bits per heavy atom. The molecule has 0 aliphatic carbocycles. The molecule has 0 aromatic carbocycles. The number of rotatable bonds is 9. The highest BCUT2D eigenvalue weighted by molar-refractivity contribution is 5.30. The third-order valence-corrected chi connectivity index (χ3v) is 3.54. The summed E-state index contributed by atoms with van der Waals surface area (Å²) >= 11 is 0. The van der Waals surface area contributed by atoms with Gasteiger partial charge in [0.1, 0.15) is 0 Å². The van der Waals surface area contributed by atoms with Crippen LogP contribution in [0, 0.1) is 0 Å². The van der Waals surface area contributed by atoms with Crippen molar-refractivity contribution in [3.63, 3.8) is 0 Å². The standard InChI is InChI=1S/C16H31N3O/c1-7-14-16(13(6)17-9-3)15(8-2)19(18-14)10-11-20-12(4)5/h12-13,17H,7-11H2,1-6H3. The molecule has 20 heavy (non-hydrogen) atoms. The second-order valence-corrected chi connectivity index (χ2v) is 5.44. The van der Waals surface area contributed by atoms with Gasteiger partial charge in [-0.25, -0.2) is 0 Å². The number of aryl methyl sites for hydroxylation is 1. The fourth-order valence-electron chi connectivity index (χ4n) is 2.67. The van der Waals surface area contributed by atoms with Crippen molar-refractivity contribution in [3.8, 4) is 0 Å². The van der Waals surface area contributed by atoms with Crippen molar-refractivity contribution in [3.05, 3.63) is 17.0 Å². The topological polar surface area (TPSA) is 39.1 Å². The van der Waals surface area contributed by atoms with Gasteiger partial charge >= 0.3 is 0 Å². The van der Waals surface area contributed by atoms with Crippen molar-refractivity contribution in [2.24, 2.45) is 0 Å². The summed E-state index contributed by atoms with van der Waals surface area (Å²) < 4.78 is 7.80. The second kappa shape index (κ2) is 8.42. The summed E-state index contributed by atoms with van der Waals surface area (Å²) in [5, 5.41) is 8.31. The molecule has 0 aliphatic heterocycles. The lowest BCUT2D eigenvalue weighted by Crippen LogP contribution is -2.20. The van der Waals surface area contributed by atoms with E-state index in [0.717, 1.165) is 32.5 Å². The second-order valence-electron chi connectivity index (χ2n) is 5.44. The van der Waals surface area contributed by atoms with Gasteiger partial charge in [-0.3, -0.25) is 4.68 Å². The molecule has 0 amide bonds. The van der Waals surface area contributed by atoms with E-state index in [9.17, 15) is 0 Å². The molecule has 0 saturated carbocycles. The largest absolute Gasteiger partial charge is 0.377 e. The van der Waals surface area contributed by atoms with Crippen LogP contribution in [-0.4, -0.2) is 29.0 Å². The van der Waals surface area contributed by atoms with Crippen LogP contribution in [0.2, 0.25) is 0 Å². The van der Waals surface area contributed by atoms with E-state index in [1.807, 2.05) is 0 Å². The molecule has 4 nitrogen and oxygen atoms in total. The molecular weight excluding hydrogens is 250 g/mol. The number of ether oxygens (including phenoxy) is 1. The van der Waals surface area contributed by atoms with E-state index in [0.29, 0.717) is 6.04 Å². The molecule has 1 aromatic rings. The van der Waals surface area contributed by atoms with Gasteiger partial charge in [0.2, 0.25) is 0 Å². The number of nitrogens with zero attached hydrogens (tertiary/aromatic N) is 2. The van der Waals surface area contributed by atoms with Crippen LogP contribution < -0.4 is 5.32 Å². The molecule has 0 spiro atoms. The van der Waals surface area contributed by atoms with Crippen molar-refractivity contribution in [2.75, 3.05) is 13.2 Å². The molecule has 4 heteroatoms. The zero-order valence-electron chi connectivity index (χ0n) is 14.0. The van der Waals surface area contributed by atoms with E-state index in [1.54, 1.807) is 0 Å². The molecule has 1 unspecified atom stereocenters. The zero-order valence-corrected chi connectivity index (χ0v) is 14.0. The minimum Gasteiger partial charge on any atom is -0.377 e. The molecule has 0 fully saturated rings. The van der Waals surface area contributed by atoms with Gasteiger partial charge < -0.3 is 10.1 Å². The maximum atomic E-state index is 5.66. The summed E-state index contributed by atoms with van der Waals surface area (Å²) in [5.74, 6) is 0. The molecule has 1 atom stereocenters. The van der Waals surface area contributed by atoms with Crippen molar-refractivity contribution in [1.29, 1.82) is 0 Å². The van der Waals surface area contributed by atoms with E-state index in [4.69, 9.17) is 9.84 Å². The average Bonchev–Trinajstić information content (AvgIpc) is 2.76. The van der Waals surface area contributed by atoms with E-state index in [-0.39, 0.29) is 6.10 Å². The monoisotopic (exact) mass is 281 g/mol. The molecule has 1 aromatic heterocycles. The molecule has 1 N–H and O–H groups in total. The van der Waals surface area contributed by atoms with Crippen molar-refractivity contribution >= 4 is 0 Å². The Morgan fingerprint density at radius 3 is 2.35 bits per heavy atom. The van der Waals surface area contributed by atoms with Crippen LogP contribution in [0.25, 0.3) is 0 Å². The maximum Gasteiger partial charge on any atom is 0.0672 e. The summed E-state index contributed by atoms with van der Waals surface area (Å²) in [6, 6.07) is 0.365. The SMILES string of the molecule is CCNC(C)c1c(CC)nn(CCOC(C)C)c1CC. The first kappa shape index (κ1) is 17.2. The molecule has 116 valence electrons.